The van der Waals surface area contributed by atoms with Gasteiger partial charge in [-0.25, -0.2) is 0 Å². The highest BCUT2D eigenvalue weighted by atomic mass is 16.5. The number of ether oxygens (including phenoxy) is 1. The molecule has 2 N–H and O–H groups in total. The highest BCUT2D eigenvalue weighted by Crippen LogP contribution is 2.11. The fraction of sp³-hybridized carbons (Fsp3) is 0.875. The first-order valence-corrected chi connectivity index (χ1v) is 8.03. The molecule has 0 saturated carbocycles. The van der Waals surface area contributed by atoms with Crippen molar-refractivity contribution >= 4 is 11.9 Å². The van der Waals surface area contributed by atoms with Crippen LogP contribution >= 0.6 is 0 Å². The van der Waals surface area contributed by atoms with Crippen LogP contribution in [0.1, 0.15) is 51.9 Å². The summed E-state index contributed by atoms with van der Waals surface area (Å²) < 4.78 is 5.74. The Hall–Kier alpha value is -1.14. The number of carbonyl (C=O) groups is 2. The van der Waals surface area contributed by atoms with Crippen LogP contribution in [-0.4, -0.2) is 66.5 Å². The molecular formula is C16H32NO5+. The lowest BCUT2D eigenvalue weighted by Crippen LogP contribution is -2.44. The summed E-state index contributed by atoms with van der Waals surface area (Å²) in [5, 5.41) is 18.7. The first-order chi connectivity index (χ1) is 10.1. The zero-order valence-corrected chi connectivity index (χ0v) is 14.4. The van der Waals surface area contributed by atoms with Crippen LogP contribution in [-0.2, 0) is 14.3 Å². The lowest BCUT2D eigenvalue weighted by molar-refractivity contribution is -0.873. The van der Waals surface area contributed by atoms with Gasteiger partial charge < -0.3 is 19.4 Å². The van der Waals surface area contributed by atoms with Crippen molar-refractivity contribution < 1.29 is 29.0 Å². The maximum Gasteiger partial charge on any atom is 0.308 e. The summed E-state index contributed by atoms with van der Waals surface area (Å²) in [5.74, 6) is -1.52. The van der Waals surface area contributed by atoms with Crippen molar-refractivity contribution in [3.8, 4) is 0 Å². The fourth-order valence-electron chi connectivity index (χ4n) is 2.28. The van der Waals surface area contributed by atoms with Crippen LogP contribution in [0.2, 0.25) is 0 Å². The molecule has 0 aliphatic rings. The van der Waals surface area contributed by atoms with Gasteiger partial charge in [0.2, 0.25) is 0 Å². The number of hydrogen-bond donors (Lipinski definition) is 2. The van der Waals surface area contributed by atoms with Crippen molar-refractivity contribution in [3.63, 3.8) is 0 Å². The predicted molar refractivity (Wildman–Crippen MR) is 84.4 cm³/mol. The van der Waals surface area contributed by atoms with Crippen molar-refractivity contribution in [2.75, 3.05) is 27.7 Å². The third kappa shape index (κ3) is 12.6. The average molecular weight is 318 g/mol. The second kappa shape index (κ2) is 10.6. The van der Waals surface area contributed by atoms with Crippen LogP contribution in [0.25, 0.3) is 0 Å². The molecule has 0 aliphatic heterocycles. The summed E-state index contributed by atoms with van der Waals surface area (Å²) in [7, 11) is 5.72. The van der Waals surface area contributed by atoms with Gasteiger partial charge >= 0.3 is 11.9 Å². The summed E-state index contributed by atoms with van der Waals surface area (Å²) in [5.41, 5.74) is 0. The number of quaternary nitrogens is 1. The molecule has 6 nitrogen and oxygen atoms in total. The zero-order valence-electron chi connectivity index (χ0n) is 14.4. The molecule has 0 amide bonds. The molecule has 0 spiro atoms. The summed E-state index contributed by atoms with van der Waals surface area (Å²) >= 11 is 0. The highest BCUT2D eigenvalue weighted by molar-refractivity contribution is 5.71. The number of unbranched alkanes of at least 4 members (excludes halogenated alkanes) is 3. The van der Waals surface area contributed by atoms with Gasteiger partial charge in [0.05, 0.1) is 40.1 Å². The number of likely N-dealkylation sites (N-methyl/N-ethyl adjacent to an activating group) is 1. The van der Waals surface area contributed by atoms with Crippen LogP contribution in [0.5, 0.6) is 0 Å². The minimum absolute atomic E-state index is 0.0701. The van der Waals surface area contributed by atoms with Gasteiger partial charge in [-0.1, -0.05) is 32.6 Å². The lowest BCUT2D eigenvalue weighted by Gasteiger charge is -2.28. The van der Waals surface area contributed by atoms with E-state index in [1.165, 1.54) is 0 Å². The maximum absolute atomic E-state index is 11.8. The van der Waals surface area contributed by atoms with Crippen LogP contribution < -0.4 is 0 Å². The molecule has 0 aromatic heterocycles. The monoisotopic (exact) mass is 318 g/mol. The van der Waals surface area contributed by atoms with Crippen LogP contribution in [0.3, 0.4) is 0 Å². The molecule has 0 aromatic rings. The molecule has 2 atom stereocenters. The van der Waals surface area contributed by atoms with Crippen LogP contribution in [0.15, 0.2) is 0 Å². The third-order valence-electron chi connectivity index (χ3n) is 3.24. The average Bonchev–Trinajstić information content (AvgIpc) is 2.31. The van der Waals surface area contributed by atoms with Gasteiger partial charge in [0.1, 0.15) is 6.54 Å². The number of carbonyl (C=O) groups excluding carboxylic acids is 1. The summed E-state index contributed by atoms with van der Waals surface area (Å²) in [6.45, 7) is 2.54. The number of esters is 1. The van der Waals surface area contributed by atoms with E-state index in [-0.39, 0.29) is 12.8 Å². The van der Waals surface area contributed by atoms with Gasteiger partial charge in [-0.15, -0.1) is 0 Å². The van der Waals surface area contributed by atoms with Gasteiger partial charge in [-0.2, -0.15) is 0 Å². The highest BCUT2D eigenvalue weighted by Gasteiger charge is 2.25. The van der Waals surface area contributed by atoms with Gasteiger partial charge in [0.25, 0.3) is 0 Å². The standard InChI is InChI=1S/C16H31NO5/c1-5-6-7-8-9-13(18)10-16(21)22-14(11-15(19)20)12-17(2,3)4/h13-14,18H,5-12H2,1-4H3/p+1/t13?,14-/m1/s1. The molecule has 22 heavy (non-hydrogen) atoms. The normalized spacial score (nSPS) is 14.4. The first kappa shape index (κ1) is 20.9. The Morgan fingerprint density at radius 2 is 1.73 bits per heavy atom. The maximum atomic E-state index is 11.8. The molecule has 0 bridgehead atoms. The van der Waals surface area contributed by atoms with Gasteiger partial charge in [0.15, 0.2) is 6.10 Å². The van der Waals surface area contributed by atoms with E-state index in [1.807, 2.05) is 21.1 Å². The van der Waals surface area contributed by atoms with Crippen molar-refractivity contribution in [2.24, 2.45) is 0 Å². The van der Waals surface area contributed by atoms with Crippen molar-refractivity contribution in [2.45, 2.75) is 64.1 Å². The van der Waals surface area contributed by atoms with E-state index >= 15 is 0 Å². The van der Waals surface area contributed by atoms with E-state index in [0.29, 0.717) is 17.4 Å². The Morgan fingerprint density at radius 1 is 1.09 bits per heavy atom. The number of aliphatic hydroxyl groups excluding tert-OH is 1. The number of carboxylic acids is 1. The smallest absolute Gasteiger partial charge is 0.308 e. The number of aliphatic carboxylic acids is 1. The minimum Gasteiger partial charge on any atom is -0.481 e. The van der Waals surface area contributed by atoms with Gasteiger partial charge in [-0.05, 0) is 6.42 Å². The summed E-state index contributed by atoms with van der Waals surface area (Å²) in [4.78, 5) is 22.7. The molecule has 0 aliphatic carbocycles. The van der Waals surface area contributed by atoms with Crippen LogP contribution in [0, 0.1) is 0 Å². The first-order valence-electron chi connectivity index (χ1n) is 8.03. The third-order valence-corrected chi connectivity index (χ3v) is 3.24. The molecule has 0 fully saturated rings. The molecular weight excluding hydrogens is 286 g/mol. The minimum atomic E-state index is -0.994. The molecule has 130 valence electrons. The SMILES string of the molecule is CCCCCCC(O)CC(=O)O[C@H](CC(=O)O)C[N+](C)(C)C. The van der Waals surface area contributed by atoms with E-state index in [2.05, 4.69) is 6.92 Å². The zero-order chi connectivity index (χ0) is 17.2. The van der Waals surface area contributed by atoms with E-state index < -0.39 is 24.1 Å². The van der Waals surface area contributed by atoms with Gasteiger partial charge in [0, 0.05) is 0 Å². The number of hydrogen-bond acceptors (Lipinski definition) is 4. The number of aliphatic hydroxyl groups is 1. The van der Waals surface area contributed by atoms with Gasteiger partial charge in [-0.3, -0.25) is 9.59 Å². The van der Waals surface area contributed by atoms with E-state index in [4.69, 9.17) is 9.84 Å². The Bertz CT molecular complexity index is 338. The molecule has 0 rings (SSSR count). The van der Waals surface area contributed by atoms with E-state index in [9.17, 15) is 14.7 Å². The Labute approximate surface area is 133 Å². The van der Waals surface area contributed by atoms with Crippen LogP contribution in [0.4, 0.5) is 0 Å². The quantitative estimate of drug-likeness (QED) is 0.326. The molecule has 6 heteroatoms. The number of nitrogens with zero attached hydrogens (tertiary/aromatic N) is 1. The predicted octanol–water partition coefficient (Wildman–Crippen LogP) is 1.80. The topological polar surface area (TPSA) is 83.8 Å². The summed E-state index contributed by atoms with van der Waals surface area (Å²) in [6, 6.07) is 0. The Kier molecular flexibility index (Phi) is 10.0. The fourth-order valence-corrected chi connectivity index (χ4v) is 2.28. The Morgan fingerprint density at radius 3 is 2.23 bits per heavy atom. The van der Waals surface area contributed by atoms with Crippen molar-refractivity contribution in [1.29, 1.82) is 0 Å². The molecule has 0 saturated heterocycles. The largest absolute Gasteiger partial charge is 0.481 e. The van der Waals surface area contributed by atoms with E-state index in [1.54, 1.807) is 0 Å². The second-order valence-electron chi connectivity index (χ2n) is 6.89. The molecule has 0 aromatic carbocycles. The molecule has 0 radical (unpaired) electrons. The summed E-state index contributed by atoms with van der Waals surface area (Å²) in [6.07, 6.45) is 3.10. The second-order valence-corrected chi connectivity index (χ2v) is 6.89. The van der Waals surface area contributed by atoms with Crippen molar-refractivity contribution in [3.05, 3.63) is 0 Å². The number of carboxylic acid groups (broad SMARTS) is 1. The van der Waals surface area contributed by atoms with E-state index in [0.717, 1.165) is 25.7 Å². The molecule has 1 unspecified atom stereocenters. The number of rotatable bonds is 12. The van der Waals surface area contributed by atoms with Crippen molar-refractivity contribution in [1.82, 2.24) is 0 Å². The Balaban J connectivity index is 4.23. The molecule has 0 heterocycles. The lowest BCUT2D eigenvalue weighted by atomic mass is 10.1.